The Morgan fingerprint density at radius 1 is 0.960 bits per heavy atom. The Kier molecular flexibility index (Phi) is 3.64. The van der Waals surface area contributed by atoms with E-state index in [2.05, 4.69) is 71.6 Å². The third-order valence-electron chi connectivity index (χ3n) is 4.63. The molecule has 0 radical (unpaired) electrons. The molecule has 0 atom stereocenters. The van der Waals surface area contributed by atoms with Gasteiger partial charge >= 0.3 is 0 Å². The molecule has 126 valence electrons. The van der Waals surface area contributed by atoms with Gasteiger partial charge in [0.2, 0.25) is 5.95 Å². The number of anilines is 1. The van der Waals surface area contributed by atoms with Gasteiger partial charge in [0.15, 0.2) is 11.5 Å². The Balaban J connectivity index is 2.08. The fourth-order valence-electron chi connectivity index (χ4n) is 2.92. The number of aromatic nitrogens is 4. The van der Waals surface area contributed by atoms with Gasteiger partial charge in [-0.25, -0.2) is 9.38 Å². The highest BCUT2D eigenvalue weighted by atomic mass is 15.3. The molecule has 0 saturated carbocycles. The van der Waals surface area contributed by atoms with Crippen LogP contribution in [0.1, 0.15) is 19.4 Å². The summed E-state index contributed by atoms with van der Waals surface area (Å²) >= 11 is 0. The van der Waals surface area contributed by atoms with Crippen LogP contribution in [0.5, 0.6) is 0 Å². The molecule has 25 heavy (non-hydrogen) atoms. The van der Waals surface area contributed by atoms with E-state index >= 15 is 0 Å². The molecule has 0 saturated heterocycles. The van der Waals surface area contributed by atoms with Crippen molar-refractivity contribution in [3.8, 4) is 11.4 Å². The quantitative estimate of drug-likeness (QED) is 0.567. The predicted octanol–water partition coefficient (Wildman–Crippen LogP) is 4.10. The van der Waals surface area contributed by atoms with Gasteiger partial charge in [0.05, 0.1) is 5.52 Å². The van der Waals surface area contributed by atoms with E-state index in [1.165, 1.54) is 5.56 Å². The Morgan fingerprint density at radius 3 is 2.40 bits per heavy atom. The smallest absolute Gasteiger partial charge is 0.213 e. The Bertz CT molecular complexity index is 1050. The number of rotatable bonds is 3. The van der Waals surface area contributed by atoms with Crippen molar-refractivity contribution in [1.29, 1.82) is 0 Å². The maximum atomic E-state index is 4.91. The molecule has 0 N–H and O–H groups in total. The van der Waals surface area contributed by atoms with Gasteiger partial charge in [-0.2, -0.15) is 0 Å². The zero-order valence-electron chi connectivity index (χ0n) is 14.9. The van der Waals surface area contributed by atoms with Crippen molar-refractivity contribution in [2.75, 3.05) is 11.9 Å². The molecule has 0 amide bonds. The van der Waals surface area contributed by atoms with Gasteiger partial charge in [0.25, 0.3) is 0 Å². The summed E-state index contributed by atoms with van der Waals surface area (Å²) in [5, 5.41) is 10.00. The summed E-state index contributed by atoms with van der Waals surface area (Å²) in [6.45, 7) is 6.38. The van der Waals surface area contributed by atoms with Gasteiger partial charge in [-0.1, -0.05) is 42.0 Å². The van der Waals surface area contributed by atoms with Crippen LogP contribution < -0.4 is 4.90 Å². The Hall–Kier alpha value is -2.95. The van der Waals surface area contributed by atoms with E-state index in [1.807, 2.05) is 24.3 Å². The van der Waals surface area contributed by atoms with E-state index in [0.29, 0.717) is 6.04 Å². The summed E-state index contributed by atoms with van der Waals surface area (Å²) < 4.78 is 2.06. The molecule has 0 aliphatic rings. The van der Waals surface area contributed by atoms with E-state index in [9.17, 15) is 0 Å². The number of para-hydroxylation sites is 1. The second-order valence-electron chi connectivity index (χ2n) is 6.68. The summed E-state index contributed by atoms with van der Waals surface area (Å²) in [5.74, 6) is 1.67. The van der Waals surface area contributed by atoms with Crippen molar-refractivity contribution >= 4 is 22.5 Å². The summed E-state index contributed by atoms with van der Waals surface area (Å²) in [6.07, 6.45) is 0. The van der Waals surface area contributed by atoms with Crippen LogP contribution in [0.4, 0.5) is 5.95 Å². The van der Waals surface area contributed by atoms with Crippen LogP contribution in [-0.2, 0) is 0 Å². The van der Waals surface area contributed by atoms with Gasteiger partial charge in [0.1, 0.15) is 0 Å². The molecule has 0 aliphatic heterocycles. The minimum Gasteiger partial charge on any atom is -0.342 e. The van der Waals surface area contributed by atoms with E-state index < -0.39 is 0 Å². The van der Waals surface area contributed by atoms with Crippen LogP contribution in [0.15, 0.2) is 48.5 Å². The molecule has 2 heterocycles. The first-order valence-corrected chi connectivity index (χ1v) is 8.50. The molecule has 0 fully saturated rings. The fraction of sp³-hybridized carbons (Fsp3) is 0.250. The number of hydrogen-bond donors (Lipinski definition) is 0. The molecule has 5 heteroatoms. The van der Waals surface area contributed by atoms with Crippen molar-refractivity contribution in [3.05, 3.63) is 54.1 Å². The molecule has 4 aromatic rings. The van der Waals surface area contributed by atoms with Gasteiger partial charge in [-0.05, 0) is 32.9 Å². The molecule has 0 aliphatic carbocycles. The van der Waals surface area contributed by atoms with Crippen LogP contribution in [0.2, 0.25) is 0 Å². The number of aryl methyl sites for hydroxylation is 1. The molecule has 0 unspecified atom stereocenters. The van der Waals surface area contributed by atoms with Gasteiger partial charge < -0.3 is 4.90 Å². The van der Waals surface area contributed by atoms with Crippen LogP contribution in [0.25, 0.3) is 27.9 Å². The Morgan fingerprint density at radius 2 is 1.68 bits per heavy atom. The van der Waals surface area contributed by atoms with E-state index in [4.69, 9.17) is 4.98 Å². The largest absolute Gasteiger partial charge is 0.342 e. The molecule has 2 aromatic carbocycles. The second-order valence-corrected chi connectivity index (χ2v) is 6.68. The number of benzene rings is 2. The maximum Gasteiger partial charge on any atom is 0.213 e. The lowest BCUT2D eigenvalue weighted by atomic mass is 10.1. The van der Waals surface area contributed by atoms with Crippen molar-refractivity contribution in [1.82, 2.24) is 19.6 Å². The van der Waals surface area contributed by atoms with Crippen LogP contribution in [0.3, 0.4) is 0 Å². The second kappa shape index (κ2) is 5.84. The first-order chi connectivity index (χ1) is 12.1. The van der Waals surface area contributed by atoms with Crippen molar-refractivity contribution in [2.24, 2.45) is 0 Å². The summed E-state index contributed by atoms with van der Waals surface area (Å²) in [7, 11) is 2.06. The molecule has 5 nitrogen and oxygen atoms in total. The first-order valence-electron chi connectivity index (χ1n) is 8.50. The predicted molar refractivity (Wildman–Crippen MR) is 102 cm³/mol. The minimum atomic E-state index is 0.310. The van der Waals surface area contributed by atoms with E-state index in [0.717, 1.165) is 33.9 Å². The highest BCUT2D eigenvalue weighted by Crippen LogP contribution is 2.28. The van der Waals surface area contributed by atoms with Crippen molar-refractivity contribution < 1.29 is 0 Å². The zero-order valence-corrected chi connectivity index (χ0v) is 14.9. The fourth-order valence-corrected chi connectivity index (χ4v) is 2.92. The lowest BCUT2D eigenvalue weighted by Gasteiger charge is -2.24. The average Bonchev–Trinajstić information content (AvgIpc) is 3.06. The minimum absolute atomic E-state index is 0.310. The molecule has 2 aromatic heterocycles. The normalized spacial score (nSPS) is 11.6. The first kappa shape index (κ1) is 15.6. The van der Waals surface area contributed by atoms with Crippen LogP contribution >= 0.6 is 0 Å². The van der Waals surface area contributed by atoms with Crippen LogP contribution in [0, 0.1) is 6.92 Å². The average molecular weight is 331 g/mol. The number of hydrogen-bond acceptors (Lipinski definition) is 4. The third-order valence-corrected chi connectivity index (χ3v) is 4.63. The SMILES string of the molecule is Cc1ccc(-c2nnc3c4ccccc4nc(N(C)C(C)C)n23)cc1. The third kappa shape index (κ3) is 2.52. The molecule has 0 bridgehead atoms. The summed E-state index contributed by atoms with van der Waals surface area (Å²) in [6, 6.07) is 16.7. The van der Waals surface area contributed by atoms with Gasteiger partial charge in [0, 0.05) is 24.0 Å². The number of nitrogens with zero attached hydrogens (tertiary/aromatic N) is 5. The van der Waals surface area contributed by atoms with E-state index in [1.54, 1.807) is 0 Å². The highest BCUT2D eigenvalue weighted by Gasteiger charge is 2.19. The maximum absolute atomic E-state index is 4.91. The topological polar surface area (TPSA) is 46.3 Å². The van der Waals surface area contributed by atoms with Crippen molar-refractivity contribution in [2.45, 2.75) is 26.8 Å². The van der Waals surface area contributed by atoms with Gasteiger partial charge in [-0.3, -0.25) is 0 Å². The lowest BCUT2D eigenvalue weighted by molar-refractivity contribution is 0.725. The van der Waals surface area contributed by atoms with Gasteiger partial charge in [-0.15, -0.1) is 10.2 Å². The molecular weight excluding hydrogens is 310 g/mol. The van der Waals surface area contributed by atoms with Crippen molar-refractivity contribution in [3.63, 3.8) is 0 Å². The highest BCUT2D eigenvalue weighted by molar-refractivity contribution is 5.93. The zero-order chi connectivity index (χ0) is 17.6. The van der Waals surface area contributed by atoms with Crippen LogP contribution in [-0.4, -0.2) is 32.7 Å². The summed E-state index contributed by atoms with van der Waals surface area (Å²) in [5.41, 5.74) is 4.03. The Labute approximate surface area is 147 Å². The standard InChI is InChI=1S/C20H21N5/c1-13(2)24(4)20-21-17-8-6-5-7-16(17)19-23-22-18(25(19)20)15-11-9-14(3)10-12-15/h5-13H,1-4H3. The lowest BCUT2D eigenvalue weighted by Crippen LogP contribution is -2.28. The molecule has 0 spiro atoms. The number of fused-ring (bicyclic) bond motifs is 3. The molecular formula is C20H21N5. The van der Waals surface area contributed by atoms with E-state index in [-0.39, 0.29) is 0 Å². The summed E-state index contributed by atoms with van der Waals surface area (Å²) in [4.78, 5) is 7.06. The monoisotopic (exact) mass is 331 g/mol. The molecule has 4 rings (SSSR count).